The second-order valence-electron chi connectivity index (χ2n) is 8.30. The zero-order valence-corrected chi connectivity index (χ0v) is 20.0. The maximum absolute atomic E-state index is 13.2. The molecule has 0 heterocycles. The summed E-state index contributed by atoms with van der Waals surface area (Å²) >= 11 is 0. The minimum atomic E-state index is -4.03. The molecule has 3 aromatic carbocycles. The molecule has 0 saturated heterocycles. The first-order chi connectivity index (χ1) is 16.6. The van der Waals surface area contributed by atoms with Gasteiger partial charge in [-0.15, -0.1) is 0 Å². The summed E-state index contributed by atoms with van der Waals surface area (Å²) < 4.78 is 46.6. The summed E-state index contributed by atoms with van der Waals surface area (Å²) in [5.74, 6) is -0.492. The van der Waals surface area contributed by atoms with Gasteiger partial charge in [-0.25, -0.2) is 17.6 Å². The third-order valence-corrected chi connectivity index (χ3v) is 6.52. The van der Waals surface area contributed by atoms with E-state index in [0.717, 1.165) is 0 Å². The number of aliphatic hydroxyl groups excluding tert-OH is 1. The molecule has 0 unspecified atom stereocenters. The predicted molar refractivity (Wildman–Crippen MR) is 132 cm³/mol. The lowest BCUT2D eigenvalue weighted by molar-refractivity contribution is -0.124. The highest BCUT2D eigenvalue weighted by Crippen LogP contribution is 2.30. The van der Waals surface area contributed by atoms with Gasteiger partial charge in [0.1, 0.15) is 13.3 Å². The number of halogens is 1. The maximum atomic E-state index is 13.2. The predicted octanol–water partition coefficient (Wildman–Crippen LogP) is 4.12. The summed E-state index contributed by atoms with van der Waals surface area (Å²) in [4.78, 5) is 24.0. The van der Waals surface area contributed by atoms with Crippen molar-refractivity contribution in [2.24, 2.45) is 5.41 Å². The van der Waals surface area contributed by atoms with Gasteiger partial charge >= 0.3 is 6.09 Å². The van der Waals surface area contributed by atoms with Gasteiger partial charge in [0.2, 0.25) is 5.91 Å². The Bertz CT molecular complexity index is 1330. The SMILES string of the molecule is CC(C)(CF)C(=O)Nc1ccc(NS(=O)(=O)c2cccc3c(NC(=O)OCCO)cccc23)cc1. The van der Waals surface area contributed by atoms with Crippen molar-refractivity contribution in [2.45, 2.75) is 18.7 Å². The lowest BCUT2D eigenvalue weighted by Crippen LogP contribution is -2.32. The highest BCUT2D eigenvalue weighted by Gasteiger charge is 2.27. The topological polar surface area (TPSA) is 134 Å². The van der Waals surface area contributed by atoms with Crippen LogP contribution >= 0.6 is 0 Å². The van der Waals surface area contributed by atoms with E-state index < -0.39 is 34.1 Å². The van der Waals surface area contributed by atoms with E-state index in [2.05, 4.69) is 15.4 Å². The Morgan fingerprint density at radius 1 is 0.943 bits per heavy atom. The average Bonchev–Trinajstić information content (AvgIpc) is 2.83. The number of carbonyl (C=O) groups excluding carboxylic acids is 2. The molecule has 0 aliphatic carbocycles. The van der Waals surface area contributed by atoms with Crippen LogP contribution in [0.25, 0.3) is 10.8 Å². The molecular weight excluding hydrogens is 477 g/mol. The largest absolute Gasteiger partial charge is 0.447 e. The first-order valence-corrected chi connectivity index (χ1v) is 12.1. The molecule has 3 aromatic rings. The molecule has 0 spiro atoms. The molecule has 0 aromatic heterocycles. The fourth-order valence-corrected chi connectivity index (χ4v) is 4.38. The third kappa shape index (κ3) is 6.25. The summed E-state index contributed by atoms with van der Waals surface area (Å²) in [6.45, 7) is 1.65. The number of fused-ring (bicyclic) bond motifs is 1. The van der Waals surface area contributed by atoms with Crippen molar-refractivity contribution < 1.29 is 32.2 Å². The smallest absolute Gasteiger partial charge is 0.411 e. The number of hydrogen-bond acceptors (Lipinski definition) is 6. The zero-order chi connectivity index (χ0) is 25.6. The van der Waals surface area contributed by atoms with Crippen LogP contribution in [0.4, 0.5) is 26.2 Å². The highest BCUT2D eigenvalue weighted by atomic mass is 32.2. The van der Waals surface area contributed by atoms with E-state index in [4.69, 9.17) is 9.84 Å². The number of benzene rings is 3. The van der Waals surface area contributed by atoms with E-state index in [-0.39, 0.29) is 23.8 Å². The van der Waals surface area contributed by atoms with Crippen molar-refractivity contribution >= 4 is 49.9 Å². The highest BCUT2D eigenvalue weighted by molar-refractivity contribution is 7.93. The van der Waals surface area contributed by atoms with Crippen LogP contribution in [-0.2, 0) is 19.6 Å². The van der Waals surface area contributed by atoms with Crippen molar-refractivity contribution in [3.8, 4) is 0 Å². The number of hydrogen-bond donors (Lipinski definition) is 4. The van der Waals surface area contributed by atoms with E-state index in [1.165, 1.54) is 44.2 Å². The summed E-state index contributed by atoms with van der Waals surface area (Å²) in [5.41, 5.74) is -0.184. The molecule has 0 aliphatic heterocycles. The number of nitrogens with one attached hydrogen (secondary N) is 3. The molecule has 0 bridgehead atoms. The molecule has 9 nitrogen and oxygen atoms in total. The van der Waals surface area contributed by atoms with E-state index in [1.807, 2.05) is 0 Å². The fraction of sp³-hybridized carbons (Fsp3) is 0.250. The van der Waals surface area contributed by atoms with Gasteiger partial charge in [-0.3, -0.25) is 14.8 Å². The minimum Gasteiger partial charge on any atom is -0.447 e. The molecule has 0 aliphatic rings. The number of rotatable bonds is 9. The summed E-state index contributed by atoms with van der Waals surface area (Å²) in [6, 6.07) is 15.4. The average molecular weight is 504 g/mol. The molecule has 4 N–H and O–H groups in total. The van der Waals surface area contributed by atoms with Crippen LogP contribution in [0, 0.1) is 5.41 Å². The molecular formula is C24H26FN3O6S. The van der Waals surface area contributed by atoms with Gasteiger partial charge in [0, 0.05) is 22.1 Å². The van der Waals surface area contributed by atoms with Gasteiger partial charge in [0.05, 0.1) is 22.6 Å². The van der Waals surface area contributed by atoms with Crippen molar-refractivity contribution in [2.75, 3.05) is 35.2 Å². The van der Waals surface area contributed by atoms with Crippen molar-refractivity contribution in [1.29, 1.82) is 0 Å². The Hall–Kier alpha value is -3.70. The van der Waals surface area contributed by atoms with Gasteiger partial charge in [0.25, 0.3) is 10.0 Å². The van der Waals surface area contributed by atoms with Crippen molar-refractivity contribution in [3.05, 3.63) is 60.7 Å². The van der Waals surface area contributed by atoms with Crippen LogP contribution in [0.15, 0.2) is 65.6 Å². The van der Waals surface area contributed by atoms with Gasteiger partial charge < -0.3 is 15.2 Å². The zero-order valence-electron chi connectivity index (χ0n) is 19.2. The molecule has 3 rings (SSSR count). The van der Waals surface area contributed by atoms with Crippen LogP contribution in [0.1, 0.15) is 13.8 Å². The third-order valence-electron chi connectivity index (χ3n) is 5.08. The standard InChI is InChI=1S/C24H26FN3O6S/c1-24(2,15-25)22(30)26-16-9-11-17(12-10-16)28-35(32,33)21-8-4-5-18-19(21)6-3-7-20(18)27-23(31)34-14-13-29/h3-12,28-29H,13-15H2,1-2H3,(H,26,30)(H,27,31). The lowest BCUT2D eigenvalue weighted by atomic mass is 9.94. The number of alkyl halides is 1. The molecule has 0 fully saturated rings. The number of aliphatic hydroxyl groups is 1. The van der Waals surface area contributed by atoms with E-state index in [1.54, 1.807) is 30.3 Å². The molecule has 0 radical (unpaired) electrons. The molecule has 0 atom stereocenters. The normalized spacial score (nSPS) is 11.7. The Labute approximate surface area is 202 Å². The quantitative estimate of drug-likeness (QED) is 0.347. The van der Waals surface area contributed by atoms with Gasteiger partial charge in [0.15, 0.2) is 0 Å². The second-order valence-corrected chi connectivity index (χ2v) is 9.95. The molecule has 35 heavy (non-hydrogen) atoms. The molecule has 186 valence electrons. The summed E-state index contributed by atoms with van der Waals surface area (Å²) in [7, 11) is -4.03. The van der Waals surface area contributed by atoms with Gasteiger partial charge in [-0.2, -0.15) is 0 Å². The number of sulfonamides is 1. The first-order valence-electron chi connectivity index (χ1n) is 10.6. The van der Waals surface area contributed by atoms with Crippen LogP contribution in [0.3, 0.4) is 0 Å². The number of anilines is 3. The van der Waals surface area contributed by atoms with Gasteiger partial charge in [-0.05, 0) is 50.2 Å². The fourth-order valence-electron chi connectivity index (χ4n) is 3.10. The van der Waals surface area contributed by atoms with Crippen molar-refractivity contribution in [3.63, 3.8) is 0 Å². The lowest BCUT2D eigenvalue weighted by Gasteiger charge is -2.19. The number of carbonyl (C=O) groups is 2. The Morgan fingerprint density at radius 3 is 2.23 bits per heavy atom. The number of ether oxygens (including phenoxy) is 1. The second kappa shape index (κ2) is 10.7. The Kier molecular flexibility index (Phi) is 7.92. The Morgan fingerprint density at radius 2 is 1.57 bits per heavy atom. The van der Waals surface area contributed by atoms with E-state index in [9.17, 15) is 22.4 Å². The maximum Gasteiger partial charge on any atom is 0.411 e. The summed E-state index contributed by atoms with van der Waals surface area (Å²) in [6.07, 6.45) is -0.778. The minimum absolute atomic E-state index is 0.00977. The first kappa shape index (κ1) is 25.9. The van der Waals surface area contributed by atoms with Crippen molar-refractivity contribution in [1.82, 2.24) is 0 Å². The van der Waals surface area contributed by atoms with Crippen LogP contribution in [-0.4, -0.2) is 45.4 Å². The Balaban J connectivity index is 1.83. The monoisotopic (exact) mass is 503 g/mol. The number of amides is 2. The van der Waals surface area contributed by atoms with Crippen LogP contribution < -0.4 is 15.4 Å². The molecule has 11 heteroatoms. The molecule has 0 saturated carbocycles. The van der Waals surface area contributed by atoms with Crippen LogP contribution in [0.5, 0.6) is 0 Å². The summed E-state index contributed by atoms with van der Waals surface area (Å²) in [5, 5.41) is 14.8. The molecule has 2 amide bonds. The van der Waals surface area contributed by atoms with Crippen LogP contribution in [0.2, 0.25) is 0 Å². The van der Waals surface area contributed by atoms with E-state index in [0.29, 0.717) is 22.1 Å². The van der Waals surface area contributed by atoms with E-state index >= 15 is 0 Å². The van der Waals surface area contributed by atoms with Gasteiger partial charge in [-0.1, -0.05) is 24.3 Å².